The lowest BCUT2D eigenvalue weighted by molar-refractivity contribution is -0.134. The molecule has 1 aliphatic rings. The molecule has 0 aliphatic carbocycles. The normalized spacial score (nSPS) is 19.9. The molecule has 3 rings (SSSR count). The summed E-state index contributed by atoms with van der Waals surface area (Å²) in [6.07, 6.45) is 3.85. The van der Waals surface area contributed by atoms with Crippen LogP contribution < -0.4 is 5.56 Å². The largest absolute Gasteiger partial charge is 0.337 e. The van der Waals surface area contributed by atoms with Gasteiger partial charge in [-0.2, -0.15) is 0 Å². The minimum absolute atomic E-state index is 0.119. The lowest BCUT2D eigenvalue weighted by Gasteiger charge is -2.39. The van der Waals surface area contributed by atoms with Crippen LogP contribution in [0.25, 0.3) is 0 Å². The molecule has 1 aliphatic heterocycles. The molecule has 1 saturated heterocycles. The number of thioether (sulfide) groups is 1. The van der Waals surface area contributed by atoms with E-state index >= 15 is 0 Å². The van der Waals surface area contributed by atoms with E-state index in [1.165, 1.54) is 18.2 Å². The first-order valence-corrected chi connectivity index (χ1v) is 10.5. The molecule has 6 heteroatoms. The number of benzene rings is 1. The van der Waals surface area contributed by atoms with E-state index in [9.17, 15) is 9.59 Å². The highest BCUT2D eigenvalue weighted by molar-refractivity contribution is 7.99. The van der Waals surface area contributed by atoms with Gasteiger partial charge in [-0.15, -0.1) is 0 Å². The Morgan fingerprint density at radius 3 is 2.52 bits per heavy atom. The van der Waals surface area contributed by atoms with E-state index in [4.69, 9.17) is 0 Å². The molecule has 0 spiro atoms. The number of carbonyl (C=O) groups excluding carboxylic acids is 1. The molecule has 0 unspecified atom stereocenters. The maximum absolute atomic E-state index is 12.7. The SMILES string of the molecule is Cc1nc(SCC(=O)N2[C@@H](C)CCC[C@@H]2C)[nH]c(=O)c1Cc1ccccc1. The Morgan fingerprint density at radius 1 is 1.22 bits per heavy atom. The number of nitrogens with zero attached hydrogens (tertiary/aromatic N) is 2. The first-order valence-electron chi connectivity index (χ1n) is 9.53. The fourth-order valence-corrected chi connectivity index (χ4v) is 4.55. The molecule has 1 aromatic heterocycles. The predicted octanol–water partition coefficient (Wildman–Crippen LogP) is 3.55. The van der Waals surface area contributed by atoms with Crippen molar-refractivity contribution >= 4 is 17.7 Å². The minimum atomic E-state index is -0.124. The Morgan fingerprint density at radius 2 is 1.89 bits per heavy atom. The number of aromatic amines is 1. The number of amides is 1. The van der Waals surface area contributed by atoms with Gasteiger partial charge in [0.05, 0.1) is 5.75 Å². The number of carbonyl (C=O) groups is 1. The molecule has 1 aromatic carbocycles. The fraction of sp³-hybridized carbons (Fsp3) is 0.476. The number of likely N-dealkylation sites (tertiary alicyclic amines) is 1. The Bertz CT molecular complexity index is 840. The molecule has 0 bridgehead atoms. The first-order chi connectivity index (χ1) is 13.0. The zero-order valence-electron chi connectivity index (χ0n) is 16.2. The Hall–Kier alpha value is -2.08. The summed E-state index contributed by atoms with van der Waals surface area (Å²) in [4.78, 5) is 34.5. The molecular weight excluding hydrogens is 358 g/mol. The molecule has 2 aromatic rings. The van der Waals surface area contributed by atoms with Gasteiger partial charge in [0.1, 0.15) is 0 Å². The highest BCUT2D eigenvalue weighted by Gasteiger charge is 2.28. The number of H-pyrrole nitrogens is 1. The third-order valence-corrected chi connectivity index (χ3v) is 6.10. The summed E-state index contributed by atoms with van der Waals surface area (Å²) in [5.41, 5.74) is 2.35. The molecule has 0 radical (unpaired) electrons. The lowest BCUT2D eigenvalue weighted by Crippen LogP contribution is -2.48. The number of piperidine rings is 1. The molecule has 2 atom stereocenters. The van der Waals surface area contributed by atoms with Crippen LogP contribution in [0.15, 0.2) is 40.3 Å². The molecule has 5 nitrogen and oxygen atoms in total. The molecular formula is C21H27N3O2S. The molecule has 144 valence electrons. The Kier molecular flexibility index (Phi) is 6.37. The van der Waals surface area contributed by atoms with Gasteiger partial charge in [-0.05, 0) is 45.6 Å². The van der Waals surface area contributed by atoms with Gasteiger partial charge in [-0.3, -0.25) is 9.59 Å². The van der Waals surface area contributed by atoms with Crippen molar-refractivity contribution < 1.29 is 4.79 Å². The van der Waals surface area contributed by atoms with Crippen molar-refractivity contribution in [3.05, 3.63) is 57.5 Å². The smallest absolute Gasteiger partial charge is 0.255 e. The van der Waals surface area contributed by atoms with Crippen molar-refractivity contribution in [3.8, 4) is 0 Å². The number of hydrogen-bond donors (Lipinski definition) is 1. The summed E-state index contributed by atoms with van der Waals surface area (Å²) < 4.78 is 0. The molecule has 1 amide bonds. The van der Waals surface area contributed by atoms with Crippen LogP contribution in [0.4, 0.5) is 0 Å². The Balaban J connectivity index is 1.67. The van der Waals surface area contributed by atoms with Crippen LogP contribution in [-0.4, -0.2) is 38.6 Å². The van der Waals surface area contributed by atoms with Gasteiger partial charge in [0.2, 0.25) is 5.91 Å². The minimum Gasteiger partial charge on any atom is -0.337 e. The van der Waals surface area contributed by atoms with E-state index in [2.05, 4.69) is 23.8 Å². The van der Waals surface area contributed by atoms with Crippen molar-refractivity contribution in [1.82, 2.24) is 14.9 Å². The predicted molar refractivity (Wildman–Crippen MR) is 109 cm³/mol. The van der Waals surface area contributed by atoms with Crippen LogP contribution in [0.2, 0.25) is 0 Å². The van der Waals surface area contributed by atoms with E-state index in [1.807, 2.05) is 42.2 Å². The summed E-state index contributed by atoms with van der Waals surface area (Å²) >= 11 is 1.31. The maximum Gasteiger partial charge on any atom is 0.255 e. The lowest BCUT2D eigenvalue weighted by atomic mass is 9.98. The van der Waals surface area contributed by atoms with Gasteiger partial charge >= 0.3 is 0 Å². The number of rotatable bonds is 5. The summed E-state index contributed by atoms with van der Waals surface area (Å²) in [7, 11) is 0. The third kappa shape index (κ3) is 4.80. The number of hydrogen-bond acceptors (Lipinski definition) is 4. The van der Waals surface area contributed by atoms with Crippen LogP contribution in [0.3, 0.4) is 0 Å². The molecule has 1 fully saturated rings. The second-order valence-corrected chi connectivity index (χ2v) is 8.28. The van der Waals surface area contributed by atoms with E-state index < -0.39 is 0 Å². The van der Waals surface area contributed by atoms with Crippen LogP contribution in [-0.2, 0) is 11.2 Å². The molecule has 27 heavy (non-hydrogen) atoms. The topological polar surface area (TPSA) is 66.1 Å². The third-order valence-electron chi connectivity index (χ3n) is 5.24. The van der Waals surface area contributed by atoms with Crippen LogP contribution in [0, 0.1) is 6.92 Å². The summed E-state index contributed by atoms with van der Waals surface area (Å²) in [5, 5.41) is 0.514. The Labute approximate surface area is 164 Å². The summed E-state index contributed by atoms with van der Waals surface area (Å²) in [5.74, 6) is 0.420. The van der Waals surface area contributed by atoms with Crippen molar-refractivity contribution in [3.63, 3.8) is 0 Å². The van der Waals surface area contributed by atoms with Gasteiger partial charge in [0.15, 0.2) is 5.16 Å². The zero-order valence-corrected chi connectivity index (χ0v) is 17.0. The summed E-state index contributed by atoms with van der Waals surface area (Å²) in [6.45, 7) is 6.08. The van der Waals surface area contributed by atoms with Gasteiger partial charge in [-0.25, -0.2) is 4.98 Å². The number of aromatic nitrogens is 2. The second-order valence-electron chi connectivity index (χ2n) is 7.32. The van der Waals surface area contributed by atoms with Gasteiger partial charge in [0.25, 0.3) is 5.56 Å². The van der Waals surface area contributed by atoms with E-state index in [0.29, 0.717) is 22.9 Å². The zero-order chi connectivity index (χ0) is 19.4. The van der Waals surface area contributed by atoms with Crippen LogP contribution >= 0.6 is 11.8 Å². The van der Waals surface area contributed by atoms with E-state index in [-0.39, 0.29) is 23.6 Å². The van der Waals surface area contributed by atoms with Crippen LogP contribution in [0.1, 0.15) is 49.9 Å². The van der Waals surface area contributed by atoms with Crippen molar-refractivity contribution in [2.75, 3.05) is 5.75 Å². The average Bonchev–Trinajstić information content (AvgIpc) is 2.64. The number of nitrogens with one attached hydrogen (secondary N) is 1. The summed E-state index contributed by atoms with van der Waals surface area (Å²) in [6, 6.07) is 10.4. The first kappa shape index (κ1) is 19.7. The molecule has 2 heterocycles. The highest BCUT2D eigenvalue weighted by atomic mass is 32.2. The number of aryl methyl sites for hydroxylation is 1. The highest BCUT2D eigenvalue weighted by Crippen LogP contribution is 2.24. The van der Waals surface area contributed by atoms with E-state index in [0.717, 1.165) is 24.1 Å². The van der Waals surface area contributed by atoms with Crippen molar-refractivity contribution in [2.24, 2.45) is 0 Å². The van der Waals surface area contributed by atoms with Gasteiger partial charge in [-0.1, -0.05) is 42.1 Å². The van der Waals surface area contributed by atoms with Gasteiger partial charge in [0, 0.05) is 29.8 Å². The standard InChI is InChI=1S/C21H27N3O2S/c1-14-8-7-9-15(2)24(14)19(25)13-27-21-22-16(3)18(20(26)23-21)12-17-10-5-4-6-11-17/h4-6,10-11,14-15H,7-9,12-13H2,1-3H3,(H,22,23,26)/t14-,15-/m0/s1. The van der Waals surface area contributed by atoms with Crippen molar-refractivity contribution in [1.29, 1.82) is 0 Å². The molecule has 1 N–H and O–H groups in total. The quantitative estimate of drug-likeness (QED) is 0.631. The molecule has 0 saturated carbocycles. The average molecular weight is 386 g/mol. The van der Waals surface area contributed by atoms with E-state index in [1.54, 1.807) is 0 Å². The monoisotopic (exact) mass is 385 g/mol. The fourth-order valence-electron chi connectivity index (χ4n) is 3.78. The second kappa shape index (κ2) is 8.74. The maximum atomic E-state index is 12.7. The van der Waals surface area contributed by atoms with Crippen LogP contribution in [0.5, 0.6) is 0 Å². The van der Waals surface area contributed by atoms with Crippen molar-refractivity contribution in [2.45, 2.75) is 63.7 Å². The van der Waals surface area contributed by atoms with Gasteiger partial charge < -0.3 is 9.88 Å².